The fourth-order valence-corrected chi connectivity index (χ4v) is 7.84. The second-order valence-electron chi connectivity index (χ2n) is 10.2. The van der Waals surface area contributed by atoms with Crippen LogP contribution in [0.3, 0.4) is 0 Å². The molecule has 0 saturated heterocycles. The van der Waals surface area contributed by atoms with Crippen molar-refractivity contribution in [2.75, 3.05) is 0 Å². The first kappa shape index (κ1) is 19.4. The van der Waals surface area contributed by atoms with Gasteiger partial charge >= 0.3 is 5.97 Å². The van der Waals surface area contributed by atoms with Crippen molar-refractivity contribution < 1.29 is 14.6 Å². The molecule has 4 aliphatic rings. The molecule has 1 N–H and O–H groups in total. The van der Waals surface area contributed by atoms with Gasteiger partial charge in [0.2, 0.25) is 0 Å². The van der Waals surface area contributed by atoms with E-state index in [9.17, 15) is 9.90 Å². The molecular weight excluding hydrogens is 372 g/mol. The smallest absolute Gasteiger partial charge is 0.335 e. The van der Waals surface area contributed by atoms with Crippen LogP contribution < -0.4 is 4.74 Å². The number of carbonyl (C=O) groups excluding carboxylic acids is 1. The van der Waals surface area contributed by atoms with Gasteiger partial charge in [-0.2, -0.15) is 0 Å². The molecule has 2 aromatic rings. The van der Waals surface area contributed by atoms with Gasteiger partial charge in [-0.25, -0.2) is 4.79 Å². The highest BCUT2D eigenvalue weighted by atomic mass is 16.5. The number of hydrogen-bond donors (Lipinski definition) is 1. The Morgan fingerprint density at radius 2 is 1.60 bits per heavy atom. The number of esters is 1. The van der Waals surface area contributed by atoms with Gasteiger partial charge in [0.15, 0.2) is 0 Å². The molecule has 4 saturated carbocycles. The molecule has 156 valence electrons. The minimum atomic E-state index is -0.428. The summed E-state index contributed by atoms with van der Waals surface area (Å²) >= 11 is 0. The number of rotatable bonds is 4. The third kappa shape index (κ3) is 2.41. The van der Waals surface area contributed by atoms with E-state index in [1.165, 1.54) is 25.3 Å². The molecular formula is C27H30O3. The first-order valence-corrected chi connectivity index (χ1v) is 11.1. The maximum atomic E-state index is 12.1. The third-order valence-corrected chi connectivity index (χ3v) is 8.81. The Balaban J connectivity index is 1.78. The number of hydrogen-bond acceptors (Lipinski definition) is 3. The van der Waals surface area contributed by atoms with Gasteiger partial charge in [0, 0.05) is 28.0 Å². The van der Waals surface area contributed by atoms with Crippen molar-refractivity contribution in [3.63, 3.8) is 0 Å². The fraction of sp³-hybridized carbons (Fsp3) is 0.444. The summed E-state index contributed by atoms with van der Waals surface area (Å²) < 4.78 is 5.76. The average Bonchev–Trinajstić information content (AvgIpc) is 2.71. The van der Waals surface area contributed by atoms with Gasteiger partial charge < -0.3 is 9.84 Å². The van der Waals surface area contributed by atoms with Crippen LogP contribution in [0.1, 0.15) is 57.1 Å². The van der Waals surface area contributed by atoms with E-state index in [0.717, 1.165) is 24.0 Å². The lowest BCUT2D eigenvalue weighted by Gasteiger charge is -2.72. The molecule has 4 fully saturated rings. The lowest BCUT2D eigenvalue weighted by atomic mass is 9.32. The van der Waals surface area contributed by atoms with E-state index in [1.54, 1.807) is 0 Å². The van der Waals surface area contributed by atoms with Gasteiger partial charge in [0.05, 0.1) is 0 Å². The summed E-state index contributed by atoms with van der Waals surface area (Å²) in [5, 5.41) is 11.0. The summed E-state index contributed by atoms with van der Waals surface area (Å²) in [6.45, 7) is 8.34. The summed E-state index contributed by atoms with van der Waals surface area (Å²) in [5.41, 5.74) is 1.74. The Morgan fingerprint density at radius 1 is 1.00 bits per heavy atom. The molecule has 4 aliphatic carbocycles. The molecule has 6 rings (SSSR count). The van der Waals surface area contributed by atoms with Crippen molar-refractivity contribution in [1.82, 2.24) is 0 Å². The third-order valence-electron chi connectivity index (χ3n) is 8.81. The highest BCUT2D eigenvalue weighted by Crippen LogP contribution is 2.75. The molecule has 3 heteroatoms. The van der Waals surface area contributed by atoms with Crippen LogP contribution in [0.5, 0.6) is 11.5 Å². The van der Waals surface area contributed by atoms with E-state index in [0.29, 0.717) is 23.3 Å². The lowest BCUT2D eigenvalue weighted by molar-refractivity contribution is -0.137. The highest BCUT2D eigenvalue weighted by molar-refractivity contribution is 5.83. The topological polar surface area (TPSA) is 46.5 Å². The Morgan fingerprint density at radius 3 is 2.23 bits per heavy atom. The van der Waals surface area contributed by atoms with Crippen LogP contribution in [-0.4, -0.2) is 11.1 Å². The van der Waals surface area contributed by atoms with Crippen LogP contribution in [0.15, 0.2) is 61.2 Å². The Kier molecular flexibility index (Phi) is 4.19. The fourth-order valence-electron chi connectivity index (χ4n) is 7.84. The van der Waals surface area contributed by atoms with Crippen LogP contribution >= 0.6 is 0 Å². The van der Waals surface area contributed by atoms with Crippen LogP contribution in [0, 0.1) is 17.3 Å². The highest BCUT2D eigenvalue weighted by Gasteiger charge is 2.70. The zero-order valence-corrected chi connectivity index (χ0v) is 17.9. The van der Waals surface area contributed by atoms with E-state index in [2.05, 4.69) is 32.6 Å². The summed E-state index contributed by atoms with van der Waals surface area (Å²) in [7, 11) is 0. The molecule has 3 unspecified atom stereocenters. The normalized spacial score (nSPS) is 36.5. The van der Waals surface area contributed by atoms with Crippen LogP contribution in [0.4, 0.5) is 0 Å². The number of carbonyl (C=O) groups is 1. The number of para-hydroxylation sites is 2. The zero-order valence-electron chi connectivity index (χ0n) is 17.9. The molecule has 0 amide bonds. The molecule has 0 aromatic heterocycles. The number of ether oxygens (including phenoxy) is 1. The second-order valence-corrected chi connectivity index (χ2v) is 10.2. The van der Waals surface area contributed by atoms with Crippen molar-refractivity contribution in [1.29, 1.82) is 0 Å². The predicted molar refractivity (Wildman–Crippen MR) is 118 cm³/mol. The van der Waals surface area contributed by atoms with Gasteiger partial charge in [-0.3, -0.25) is 0 Å². The molecule has 0 spiro atoms. The van der Waals surface area contributed by atoms with Crippen molar-refractivity contribution in [3.05, 3.63) is 72.3 Å². The largest absolute Gasteiger partial charge is 0.508 e. The van der Waals surface area contributed by atoms with Gasteiger partial charge in [-0.1, -0.05) is 56.8 Å². The second kappa shape index (κ2) is 6.47. The lowest BCUT2D eigenvalue weighted by Crippen LogP contribution is -2.68. The molecule has 4 bridgehead atoms. The molecule has 0 aliphatic heterocycles. The molecule has 3 nitrogen and oxygen atoms in total. The molecule has 0 radical (unpaired) electrons. The Labute approximate surface area is 178 Å². The maximum absolute atomic E-state index is 12.1. The quantitative estimate of drug-likeness (QED) is 0.393. The summed E-state index contributed by atoms with van der Waals surface area (Å²) in [6, 6.07) is 15.9. The van der Waals surface area contributed by atoms with E-state index in [1.807, 2.05) is 36.4 Å². The first-order valence-electron chi connectivity index (χ1n) is 11.1. The number of phenols is 1. The summed E-state index contributed by atoms with van der Waals surface area (Å²) in [5.74, 6) is 1.92. The van der Waals surface area contributed by atoms with Crippen molar-refractivity contribution in [2.45, 2.75) is 56.8 Å². The Bertz CT molecular complexity index is 1010. The summed E-state index contributed by atoms with van der Waals surface area (Å²) in [4.78, 5) is 12.1. The average molecular weight is 403 g/mol. The van der Waals surface area contributed by atoms with E-state index in [-0.39, 0.29) is 16.2 Å². The van der Waals surface area contributed by atoms with E-state index in [4.69, 9.17) is 4.74 Å². The predicted octanol–water partition coefficient (Wildman–Crippen LogP) is 5.91. The van der Waals surface area contributed by atoms with Gasteiger partial charge in [0.1, 0.15) is 11.5 Å². The van der Waals surface area contributed by atoms with Crippen molar-refractivity contribution in [3.8, 4) is 11.5 Å². The minimum Gasteiger partial charge on any atom is -0.508 e. The Hall–Kier alpha value is -2.55. The van der Waals surface area contributed by atoms with Gasteiger partial charge in [-0.15, -0.1) is 0 Å². The van der Waals surface area contributed by atoms with Crippen molar-refractivity contribution in [2.24, 2.45) is 17.3 Å². The first-order chi connectivity index (χ1) is 14.3. The van der Waals surface area contributed by atoms with E-state index < -0.39 is 5.97 Å². The van der Waals surface area contributed by atoms with Gasteiger partial charge in [-0.05, 0) is 61.5 Å². The number of aromatic hydroxyl groups is 1. The van der Waals surface area contributed by atoms with Crippen LogP contribution in [0.25, 0.3) is 0 Å². The van der Waals surface area contributed by atoms with Crippen LogP contribution in [0.2, 0.25) is 0 Å². The molecule has 3 atom stereocenters. The minimum absolute atomic E-state index is 0.0749. The number of phenolic OH excluding ortho intramolecular Hbond substituents is 1. The molecule has 2 aromatic carbocycles. The van der Waals surface area contributed by atoms with Crippen LogP contribution in [-0.2, 0) is 15.6 Å². The number of benzene rings is 2. The van der Waals surface area contributed by atoms with E-state index >= 15 is 0 Å². The van der Waals surface area contributed by atoms with Crippen molar-refractivity contribution >= 4 is 5.97 Å². The standard InChI is InChI=1S/C27H30O3/c1-4-24(29)30-23-12-8-6-10-21(23)27-16-18-13-19(17-27)15-25(2,14-18)26(27,3)20-9-5-7-11-22(20)28/h4-12,18-19,28H,1,13-17H2,2-3H3. The molecule has 0 heterocycles. The zero-order chi connectivity index (χ0) is 21.1. The molecule has 30 heavy (non-hydrogen) atoms. The monoisotopic (exact) mass is 402 g/mol. The summed E-state index contributed by atoms with van der Waals surface area (Å²) in [6.07, 6.45) is 7.01. The SMILES string of the molecule is C=CC(=O)Oc1ccccc1C12CC3CC(CC(C)(C3)C1(C)c1ccccc1O)C2. The maximum Gasteiger partial charge on any atom is 0.335 e. The van der Waals surface area contributed by atoms with Gasteiger partial charge in [0.25, 0.3) is 0 Å².